The molecule has 1 atom stereocenters. The van der Waals surface area contributed by atoms with Crippen LogP contribution in [0.1, 0.15) is 26.2 Å². The van der Waals surface area contributed by atoms with Crippen LogP contribution in [0.3, 0.4) is 0 Å². The maximum atomic E-state index is 11.2. The summed E-state index contributed by atoms with van der Waals surface area (Å²) in [6.45, 7) is 6.56. The molecule has 1 saturated carbocycles. The number of rotatable bonds is 4. The molecule has 0 spiro atoms. The topological polar surface area (TPSA) is 61.6 Å². The molecule has 0 aromatic rings. The lowest BCUT2D eigenvalue weighted by atomic mass is 10.1. The molecule has 2 fully saturated rings. The highest BCUT2D eigenvalue weighted by Gasteiger charge is 2.32. The van der Waals surface area contributed by atoms with Gasteiger partial charge in [0.25, 0.3) is 0 Å². The molecule has 0 bridgehead atoms. The quantitative estimate of drug-likeness (QED) is 0.387. The number of amides is 1. The number of hydrazine groups is 1. The van der Waals surface area contributed by atoms with E-state index in [-0.39, 0.29) is 5.91 Å². The number of piperazine rings is 1. The van der Waals surface area contributed by atoms with Crippen LogP contribution in [0.5, 0.6) is 0 Å². The first-order valence-corrected chi connectivity index (χ1v) is 6.18. The van der Waals surface area contributed by atoms with Crippen molar-refractivity contribution in [1.29, 1.82) is 0 Å². The minimum absolute atomic E-state index is 0.0721. The molecular weight excluding hydrogens is 204 g/mol. The molecule has 0 aromatic carbocycles. The van der Waals surface area contributed by atoms with Crippen molar-refractivity contribution in [1.82, 2.24) is 15.2 Å². The van der Waals surface area contributed by atoms with E-state index in [0.29, 0.717) is 12.5 Å². The van der Waals surface area contributed by atoms with Gasteiger partial charge in [0.05, 0.1) is 0 Å². The third-order valence-corrected chi connectivity index (χ3v) is 3.68. The molecule has 16 heavy (non-hydrogen) atoms. The minimum Gasteiger partial charge on any atom is -0.298 e. The molecular formula is C11H22N4O. The number of carbonyl (C=O) groups excluding carboxylic acids is 1. The van der Waals surface area contributed by atoms with Crippen molar-refractivity contribution in [3.63, 3.8) is 0 Å². The fraction of sp³-hybridized carbons (Fsp3) is 0.909. The Bertz CT molecular complexity index is 246. The van der Waals surface area contributed by atoms with Crippen LogP contribution in [0.25, 0.3) is 0 Å². The zero-order valence-corrected chi connectivity index (χ0v) is 9.98. The van der Waals surface area contributed by atoms with Gasteiger partial charge in [-0.3, -0.25) is 20.0 Å². The first kappa shape index (κ1) is 11.8. The maximum Gasteiger partial charge on any atom is 0.235 e. The summed E-state index contributed by atoms with van der Waals surface area (Å²) in [6, 6.07) is 1.16. The molecule has 2 aliphatic rings. The molecule has 1 amide bonds. The molecule has 1 heterocycles. The smallest absolute Gasteiger partial charge is 0.235 e. The van der Waals surface area contributed by atoms with E-state index in [2.05, 4.69) is 22.1 Å². The molecule has 1 saturated heterocycles. The van der Waals surface area contributed by atoms with Gasteiger partial charge in [0.2, 0.25) is 5.91 Å². The van der Waals surface area contributed by atoms with Gasteiger partial charge >= 0.3 is 0 Å². The molecule has 5 nitrogen and oxygen atoms in total. The number of nitrogens with one attached hydrogen (secondary N) is 1. The summed E-state index contributed by atoms with van der Waals surface area (Å²) in [6.07, 6.45) is 3.26. The normalized spacial score (nSPS) is 25.4. The molecule has 1 unspecified atom stereocenters. The second-order valence-corrected chi connectivity index (χ2v) is 4.92. The standard InChI is InChI=1S/C11H22N4O/c1-9(8-11(16)13-12)14-4-6-15(7-5-14)10-2-3-10/h9-10H,2-8,12H2,1H3,(H,13,16). The van der Waals surface area contributed by atoms with E-state index in [0.717, 1.165) is 32.2 Å². The van der Waals surface area contributed by atoms with Crippen LogP contribution in [0.15, 0.2) is 0 Å². The molecule has 1 aliphatic heterocycles. The Kier molecular flexibility index (Phi) is 3.78. The van der Waals surface area contributed by atoms with Crippen molar-refractivity contribution in [3.05, 3.63) is 0 Å². The average molecular weight is 226 g/mol. The summed E-state index contributed by atoms with van der Waals surface area (Å²) in [7, 11) is 0. The molecule has 5 heteroatoms. The number of nitrogens with zero attached hydrogens (tertiary/aromatic N) is 2. The lowest BCUT2D eigenvalue weighted by molar-refractivity contribution is -0.122. The Morgan fingerprint density at radius 1 is 1.38 bits per heavy atom. The summed E-state index contributed by atoms with van der Waals surface area (Å²) in [5.74, 6) is 5.02. The van der Waals surface area contributed by atoms with Crippen LogP contribution >= 0.6 is 0 Å². The van der Waals surface area contributed by atoms with Crippen LogP contribution in [0.4, 0.5) is 0 Å². The van der Waals surface area contributed by atoms with Crippen LogP contribution in [-0.4, -0.2) is 54.0 Å². The van der Waals surface area contributed by atoms with E-state index >= 15 is 0 Å². The van der Waals surface area contributed by atoms with Crippen LogP contribution in [0.2, 0.25) is 0 Å². The second-order valence-electron chi connectivity index (χ2n) is 4.92. The maximum absolute atomic E-state index is 11.2. The summed E-state index contributed by atoms with van der Waals surface area (Å²) >= 11 is 0. The van der Waals surface area contributed by atoms with Gasteiger partial charge < -0.3 is 0 Å². The predicted molar refractivity (Wildman–Crippen MR) is 62.6 cm³/mol. The third kappa shape index (κ3) is 2.93. The van der Waals surface area contributed by atoms with E-state index < -0.39 is 0 Å². The molecule has 1 aliphatic carbocycles. The van der Waals surface area contributed by atoms with Gasteiger partial charge in [-0.2, -0.15) is 0 Å². The number of hydrogen-bond donors (Lipinski definition) is 2. The van der Waals surface area contributed by atoms with Crippen molar-refractivity contribution >= 4 is 5.91 Å². The summed E-state index contributed by atoms with van der Waals surface area (Å²) in [5.41, 5.74) is 2.20. The van der Waals surface area contributed by atoms with Gasteiger partial charge in [0, 0.05) is 44.7 Å². The van der Waals surface area contributed by atoms with E-state index in [1.807, 2.05) is 0 Å². The summed E-state index contributed by atoms with van der Waals surface area (Å²) in [5, 5.41) is 0. The van der Waals surface area contributed by atoms with Crippen molar-refractivity contribution in [2.45, 2.75) is 38.3 Å². The molecule has 2 rings (SSSR count). The van der Waals surface area contributed by atoms with Crippen molar-refractivity contribution in [2.75, 3.05) is 26.2 Å². The lowest BCUT2D eigenvalue weighted by Gasteiger charge is -2.38. The third-order valence-electron chi connectivity index (χ3n) is 3.68. The average Bonchev–Trinajstić information content (AvgIpc) is 3.13. The van der Waals surface area contributed by atoms with Gasteiger partial charge in [-0.1, -0.05) is 0 Å². The molecule has 3 N–H and O–H groups in total. The Morgan fingerprint density at radius 2 is 2.00 bits per heavy atom. The Labute approximate surface area is 96.9 Å². The van der Waals surface area contributed by atoms with Gasteiger partial charge in [-0.15, -0.1) is 0 Å². The zero-order valence-electron chi connectivity index (χ0n) is 9.98. The van der Waals surface area contributed by atoms with Gasteiger partial charge in [0.1, 0.15) is 0 Å². The van der Waals surface area contributed by atoms with E-state index in [1.165, 1.54) is 12.8 Å². The van der Waals surface area contributed by atoms with Crippen molar-refractivity contribution in [3.8, 4) is 0 Å². The monoisotopic (exact) mass is 226 g/mol. The van der Waals surface area contributed by atoms with E-state index in [4.69, 9.17) is 5.84 Å². The first-order chi connectivity index (χ1) is 7.70. The Balaban J connectivity index is 1.72. The highest BCUT2D eigenvalue weighted by molar-refractivity contribution is 5.75. The van der Waals surface area contributed by atoms with Crippen molar-refractivity contribution in [2.24, 2.45) is 5.84 Å². The first-order valence-electron chi connectivity index (χ1n) is 6.18. The number of nitrogens with two attached hydrogens (primary N) is 1. The molecule has 0 radical (unpaired) electrons. The Morgan fingerprint density at radius 3 is 2.50 bits per heavy atom. The van der Waals surface area contributed by atoms with Crippen LogP contribution in [-0.2, 0) is 4.79 Å². The van der Waals surface area contributed by atoms with E-state index in [9.17, 15) is 4.79 Å². The van der Waals surface area contributed by atoms with Gasteiger partial charge in [-0.25, -0.2) is 5.84 Å². The number of hydrogen-bond acceptors (Lipinski definition) is 4. The van der Waals surface area contributed by atoms with Gasteiger partial charge in [-0.05, 0) is 19.8 Å². The van der Waals surface area contributed by atoms with E-state index in [1.54, 1.807) is 0 Å². The van der Waals surface area contributed by atoms with Gasteiger partial charge in [0.15, 0.2) is 0 Å². The highest BCUT2D eigenvalue weighted by Crippen LogP contribution is 2.27. The Hall–Kier alpha value is -0.650. The summed E-state index contributed by atoms with van der Waals surface area (Å²) < 4.78 is 0. The number of carbonyl (C=O) groups is 1. The van der Waals surface area contributed by atoms with Crippen LogP contribution in [0, 0.1) is 0 Å². The van der Waals surface area contributed by atoms with Crippen LogP contribution < -0.4 is 11.3 Å². The molecule has 92 valence electrons. The summed E-state index contributed by atoms with van der Waals surface area (Å²) in [4.78, 5) is 16.1. The fourth-order valence-electron chi connectivity index (χ4n) is 2.44. The lowest BCUT2D eigenvalue weighted by Crippen LogP contribution is -2.51. The molecule has 0 aromatic heterocycles. The second kappa shape index (κ2) is 5.12. The highest BCUT2D eigenvalue weighted by atomic mass is 16.2. The largest absolute Gasteiger partial charge is 0.298 e. The SMILES string of the molecule is CC(CC(=O)NN)N1CCN(C2CC2)CC1. The van der Waals surface area contributed by atoms with Crippen molar-refractivity contribution < 1.29 is 4.79 Å². The minimum atomic E-state index is -0.0721. The zero-order chi connectivity index (χ0) is 11.5. The fourth-order valence-corrected chi connectivity index (χ4v) is 2.44. The predicted octanol–water partition coefficient (Wildman–Crippen LogP) is -0.465.